The molecule has 0 aromatic carbocycles. The molecule has 0 bridgehead atoms. The molecule has 0 aliphatic carbocycles. The van der Waals surface area contributed by atoms with Crippen LogP contribution in [0.2, 0.25) is 0 Å². The third-order valence-corrected chi connectivity index (χ3v) is 3.25. The van der Waals surface area contributed by atoms with Crippen LogP contribution in [0.4, 0.5) is 11.8 Å². The summed E-state index contributed by atoms with van der Waals surface area (Å²) in [4.78, 5) is 11.2. The number of anilines is 2. The van der Waals surface area contributed by atoms with Crippen LogP contribution in [0.25, 0.3) is 0 Å². The highest BCUT2D eigenvalue weighted by Gasteiger charge is 2.22. The lowest BCUT2D eigenvalue weighted by molar-refractivity contribution is 0.568. The maximum absolute atomic E-state index is 4.51. The number of rotatable bonds is 3. The van der Waals surface area contributed by atoms with E-state index in [-0.39, 0.29) is 0 Å². The molecule has 1 aliphatic rings. The van der Waals surface area contributed by atoms with E-state index >= 15 is 0 Å². The Morgan fingerprint density at radius 1 is 1.50 bits per heavy atom. The van der Waals surface area contributed by atoms with E-state index in [0.29, 0.717) is 0 Å². The second kappa shape index (κ2) is 4.68. The van der Waals surface area contributed by atoms with Gasteiger partial charge in [-0.3, -0.25) is 0 Å². The normalized spacial score (nSPS) is 20.2. The second-order valence-electron chi connectivity index (χ2n) is 4.45. The number of nitrogens with zero attached hydrogens (tertiary/aromatic N) is 3. The lowest BCUT2D eigenvalue weighted by atomic mass is 10.1. The molecule has 0 saturated carbocycles. The predicted octanol–water partition coefficient (Wildman–Crippen LogP) is 2.06. The van der Waals surface area contributed by atoms with Gasteiger partial charge in [-0.25, -0.2) is 4.98 Å². The van der Waals surface area contributed by atoms with E-state index in [4.69, 9.17) is 0 Å². The number of aryl methyl sites for hydroxylation is 1. The smallest absolute Gasteiger partial charge is 0.224 e. The highest BCUT2D eigenvalue weighted by molar-refractivity contribution is 5.45. The van der Waals surface area contributed by atoms with Crippen molar-refractivity contribution >= 4 is 11.8 Å². The van der Waals surface area contributed by atoms with Crippen LogP contribution >= 0.6 is 0 Å². The van der Waals surface area contributed by atoms with Crippen molar-refractivity contribution in [2.45, 2.75) is 26.7 Å². The van der Waals surface area contributed by atoms with Gasteiger partial charge in [0.15, 0.2) is 0 Å². The molecule has 2 rings (SSSR count). The van der Waals surface area contributed by atoms with Gasteiger partial charge in [-0.1, -0.05) is 13.3 Å². The average Bonchev–Trinajstić information content (AvgIpc) is 2.76. The molecule has 0 spiro atoms. The molecule has 1 atom stereocenters. The van der Waals surface area contributed by atoms with Crippen molar-refractivity contribution in [3.8, 4) is 0 Å². The summed E-state index contributed by atoms with van der Waals surface area (Å²) in [6, 6.07) is 2.07. The molecule has 2 heterocycles. The van der Waals surface area contributed by atoms with Crippen molar-refractivity contribution < 1.29 is 0 Å². The molecule has 1 aliphatic heterocycles. The zero-order chi connectivity index (χ0) is 11.5. The third kappa shape index (κ3) is 2.26. The molecule has 0 amide bonds. The fourth-order valence-electron chi connectivity index (χ4n) is 2.20. The molecule has 1 saturated heterocycles. The van der Waals surface area contributed by atoms with Gasteiger partial charge in [-0.2, -0.15) is 4.98 Å². The van der Waals surface area contributed by atoms with E-state index in [2.05, 4.69) is 33.2 Å². The molecule has 1 N–H and O–H groups in total. The van der Waals surface area contributed by atoms with Crippen LogP contribution in [0, 0.1) is 12.8 Å². The van der Waals surface area contributed by atoms with E-state index in [9.17, 15) is 0 Å². The number of hydrogen-bond donors (Lipinski definition) is 1. The van der Waals surface area contributed by atoms with Crippen molar-refractivity contribution in [3.05, 3.63) is 11.8 Å². The molecule has 1 aromatic heterocycles. The molecule has 0 radical (unpaired) electrons. The van der Waals surface area contributed by atoms with Gasteiger partial charge in [-0.15, -0.1) is 0 Å². The summed E-state index contributed by atoms with van der Waals surface area (Å²) in [7, 11) is 1.86. The minimum absolute atomic E-state index is 0.718. The van der Waals surface area contributed by atoms with Crippen LogP contribution in [0.3, 0.4) is 0 Å². The first-order chi connectivity index (χ1) is 7.72. The molecule has 1 fully saturated rings. The molecule has 16 heavy (non-hydrogen) atoms. The highest BCUT2D eigenvalue weighted by Crippen LogP contribution is 2.24. The van der Waals surface area contributed by atoms with Gasteiger partial charge in [0.2, 0.25) is 5.95 Å². The molecular weight excluding hydrogens is 200 g/mol. The fraction of sp³-hybridized carbons (Fsp3) is 0.667. The summed E-state index contributed by atoms with van der Waals surface area (Å²) >= 11 is 0. The highest BCUT2D eigenvalue weighted by atomic mass is 15.2. The molecule has 4 nitrogen and oxygen atoms in total. The van der Waals surface area contributed by atoms with E-state index in [1.807, 2.05) is 14.0 Å². The van der Waals surface area contributed by atoms with E-state index in [0.717, 1.165) is 36.5 Å². The zero-order valence-electron chi connectivity index (χ0n) is 10.3. The van der Waals surface area contributed by atoms with Crippen LogP contribution < -0.4 is 10.2 Å². The summed E-state index contributed by atoms with van der Waals surface area (Å²) < 4.78 is 0. The maximum atomic E-state index is 4.51. The van der Waals surface area contributed by atoms with Crippen LogP contribution in [-0.2, 0) is 0 Å². The Kier molecular flexibility index (Phi) is 3.27. The lowest BCUT2D eigenvalue weighted by Crippen LogP contribution is -2.21. The first-order valence-corrected chi connectivity index (χ1v) is 6.01. The van der Waals surface area contributed by atoms with Crippen LogP contribution in [-0.4, -0.2) is 30.1 Å². The summed E-state index contributed by atoms with van der Waals surface area (Å²) in [5.74, 6) is 2.61. The van der Waals surface area contributed by atoms with Crippen molar-refractivity contribution in [3.63, 3.8) is 0 Å². The first-order valence-electron chi connectivity index (χ1n) is 6.01. The average molecular weight is 220 g/mol. The summed E-state index contributed by atoms with van der Waals surface area (Å²) in [5.41, 5.74) is 1.02. The Morgan fingerprint density at radius 3 is 2.94 bits per heavy atom. The van der Waals surface area contributed by atoms with Crippen LogP contribution in [0.1, 0.15) is 25.5 Å². The van der Waals surface area contributed by atoms with Crippen LogP contribution in [0.15, 0.2) is 6.07 Å². The SMILES string of the molecule is CCC1CCN(c2cc(C)nc(NC)n2)C1. The first kappa shape index (κ1) is 11.2. The van der Waals surface area contributed by atoms with Gasteiger partial charge in [0, 0.05) is 31.9 Å². The summed E-state index contributed by atoms with van der Waals surface area (Å²) in [6.07, 6.45) is 2.55. The van der Waals surface area contributed by atoms with Crippen LogP contribution in [0.5, 0.6) is 0 Å². The monoisotopic (exact) mass is 220 g/mol. The third-order valence-electron chi connectivity index (χ3n) is 3.25. The minimum Gasteiger partial charge on any atom is -0.357 e. The predicted molar refractivity (Wildman–Crippen MR) is 66.9 cm³/mol. The number of nitrogens with one attached hydrogen (secondary N) is 1. The van der Waals surface area contributed by atoms with E-state index in [1.165, 1.54) is 12.8 Å². The topological polar surface area (TPSA) is 41.1 Å². The Labute approximate surface area is 97.1 Å². The van der Waals surface area contributed by atoms with Gasteiger partial charge in [0.1, 0.15) is 5.82 Å². The van der Waals surface area contributed by atoms with Gasteiger partial charge in [0.05, 0.1) is 0 Å². The minimum atomic E-state index is 0.718. The van der Waals surface area contributed by atoms with Crippen molar-refractivity contribution in [2.24, 2.45) is 5.92 Å². The summed E-state index contributed by atoms with van der Waals surface area (Å²) in [5, 5.41) is 3.01. The Morgan fingerprint density at radius 2 is 2.31 bits per heavy atom. The van der Waals surface area contributed by atoms with Crippen molar-refractivity contribution in [2.75, 3.05) is 30.4 Å². The molecular formula is C12H20N4. The Hall–Kier alpha value is -1.32. The zero-order valence-corrected chi connectivity index (χ0v) is 10.3. The maximum Gasteiger partial charge on any atom is 0.224 e. The Bertz CT molecular complexity index is 364. The largest absolute Gasteiger partial charge is 0.357 e. The van der Waals surface area contributed by atoms with Gasteiger partial charge < -0.3 is 10.2 Å². The van der Waals surface area contributed by atoms with Crippen molar-refractivity contribution in [1.29, 1.82) is 0 Å². The molecule has 4 heteroatoms. The number of aromatic nitrogens is 2. The lowest BCUT2D eigenvalue weighted by Gasteiger charge is -2.18. The molecule has 88 valence electrons. The number of hydrogen-bond acceptors (Lipinski definition) is 4. The summed E-state index contributed by atoms with van der Waals surface area (Å²) in [6.45, 7) is 6.53. The quantitative estimate of drug-likeness (QED) is 0.846. The fourth-order valence-corrected chi connectivity index (χ4v) is 2.20. The molecule has 1 aromatic rings. The van der Waals surface area contributed by atoms with Gasteiger partial charge in [0.25, 0.3) is 0 Å². The molecule has 1 unspecified atom stereocenters. The van der Waals surface area contributed by atoms with E-state index in [1.54, 1.807) is 0 Å². The van der Waals surface area contributed by atoms with Gasteiger partial charge >= 0.3 is 0 Å². The van der Waals surface area contributed by atoms with Gasteiger partial charge in [-0.05, 0) is 19.3 Å². The van der Waals surface area contributed by atoms with E-state index < -0.39 is 0 Å². The Balaban J connectivity index is 2.17. The standard InChI is InChI=1S/C12H20N4/c1-4-10-5-6-16(8-10)11-7-9(2)14-12(13-3)15-11/h7,10H,4-6,8H2,1-3H3,(H,13,14,15). The van der Waals surface area contributed by atoms with Crippen molar-refractivity contribution in [1.82, 2.24) is 9.97 Å². The second-order valence-corrected chi connectivity index (χ2v) is 4.45.